The van der Waals surface area contributed by atoms with E-state index < -0.39 is 0 Å². The fourth-order valence-electron chi connectivity index (χ4n) is 2.28. The van der Waals surface area contributed by atoms with Crippen molar-refractivity contribution in [3.8, 4) is 0 Å². The Bertz CT molecular complexity index is 509. The van der Waals surface area contributed by atoms with E-state index in [1.165, 1.54) is 11.8 Å². The van der Waals surface area contributed by atoms with Crippen molar-refractivity contribution >= 4 is 23.2 Å². The lowest BCUT2D eigenvalue weighted by Crippen LogP contribution is -2.50. The molecule has 2 heterocycles. The van der Waals surface area contributed by atoms with Gasteiger partial charge in [-0.05, 0) is 6.92 Å². The summed E-state index contributed by atoms with van der Waals surface area (Å²) in [6.07, 6.45) is 0. The van der Waals surface area contributed by atoms with Crippen LogP contribution in [-0.2, 0) is 16.1 Å². The molecule has 0 N–H and O–H groups in total. The number of amides is 2. The van der Waals surface area contributed by atoms with Gasteiger partial charge in [0.1, 0.15) is 0 Å². The molecule has 0 spiro atoms. The Morgan fingerprint density at radius 1 is 1.33 bits per heavy atom. The zero-order valence-electron chi connectivity index (χ0n) is 12.8. The molecule has 0 unspecified atom stereocenters. The standard InChI is InChI=1S/C14H22N4O2S/c1-11-15-13(10-21-11)8-17-4-6-18(7-5-17)14(20)9-16(3)12(2)19/h10H,4-9H2,1-3H3. The Hall–Kier alpha value is -1.47. The Labute approximate surface area is 129 Å². The van der Waals surface area contributed by atoms with Gasteiger partial charge in [-0.2, -0.15) is 0 Å². The van der Waals surface area contributed by atoms with E-state index in [9.17, 15) is 9.59 Å². The first-order chi connectivity index (χ1) is 9.95. The van der Waals surface area contributed by atoms with Gasteiger partial charge in [0.05, 0.1) is 17.2 Å². The first-order valence-corrected chi connectivity index (χ1v) is 7.96. The normalized spacial score (nSPS) is 16.0. The molecule has 1 fully saturated rings. The van der Waals surface area contributed by atoms with Gasteiger partial charge < -0.3 is 9.80 Å². The van der Waals surface area contributed by atoms with Crippen molar-refractivity contribution in [1.82, 2.24) is 19.7 Å². The molecule has 7 heteroatoms. The number of likely N-dealkylation sites (N-methyl/N-ethyl adjacent to an activating group) is 1. The van der Waals surface area contributed by atoms with Crippen molar-refractivity contribution in [2.45, 2.75) is 20.4 Å². The van der Waals surface area contributed by atoms with Gasteiger partial charge in [-0.15, -0.1) is 11.3 Å². The maximum Gasteiger partial charge on any atom is 0.242 e. The number of thiazole rings is 1. The molecule has 1 aliphatic rings. The van der Waals surface area contributed by atoms with Crippen LogP contribution in [0.2, 0.25) is 0 Å². The highest BCUT2D eigenvalue weighted by Crippen LogP contribution is 2.12. The van der Waals surface area contributed by atoms with Gasteiger partial charge in [-0.1, -0.05) is 0 Å². The molecular weight excluding hydrogens is 288 g/mol. The Morgan fingerprint density at radius 3 is 2.52 bits per heavy atom. The number of aryl methyl sites for hydroxylation is 1. The Kier molecular flexibility index (Phi) is 5.30. The lowest BCUT2D eigenvalue weighted by atomic mass is 10.3. The van der Waals surface area contributed by atoms with Crippen molar-refractivity contribution in [2.24, 2.45) is 0 Å². The molecular formula is C14H22N4O2S. The number of rotatable bonds is 4. The average molecular weight is 310 g/mol. The zero-order chi connectivity index (χ0) is 15.4. The number of carbonyl (C=O) groups is 2. The van der Waals surface area contributed by atoms with Gasteiger partial charge in [0.15, 0.2) is 0 Å². The summed E-state index contributed by atoms with van der Waals surface area (Å²) < 4.78 is 0. The van der Waals surface area contributed by atoms with Crippen LogP contribution in [0.4, 0.5) is 0 Å². The maximum absolute atomic E-state index is 12.1. The smallest absolute Gasteiger partial charge is 0.242 e. The van der Waals surface area contributed by atoms with E-state index in [0.29, 0.717) is 13.1 Å². The summed E-state index contributed by atoms with van der Waals surface area (Å²) in [4.78, 5) is 33.3. The second-order valence-electron chi connectivity index (χ2n) is 5.39. The van der Waals surface area contributed by atoms with Crippen LogP contribution in [0.25, 0.3) is 0 Å². The van der Waals surface area contributed by atoms with Crippen LogP contribution in [0.1, 0.15) is 17.6 Å². The van der Waals surface area contributed by atoms with Crippen LogP contribution >= 0.6 is 11.3 Å². The summed E-state index contributed by atoms with van der Waals surface area (Å²) in [7, 11) is 1.65. The molecule has 1 saturated heterocycles. The van der Waals surface area contributed by atoms with Crippen LogP contribution in [0.3, 0.4) is 0 Å². The third kappa shape index (κ3) is 4.50. The van der Waals surface area contributed by atoms with Gasteiger partial charge in [0.25, 0.3) is 0 Å². The molecule has 0 aromatic carbocycles. The van der Waals surface area contributed by atoms with E-state index in [1.807, 2.05) is 11.8 Å². The first kappa shape index (κ1) is 15.9. The summed E-state index contributed by atoms with van der Waals surface area (Å²) in [5.74, 6) is -0.0576. The minimum atomic E-state index is -0.0825. The molecule has 0 saturated carbocycles. The highest BCUT2D eigenvalue weighted by atomic mass is 32.1. The predicted octanol–water partition coefficient (Wildman–Crippen LogP) is 0.574. The number of nitrogens with zero attached hydrogens (tertiary/aromatic N) is 4. The summed E-state index contributed by atoms with van der Waals surface area (Å²) in [5.41, 5.74) is 1.11. The lowest BCUT2D eigenvalue weighted by molar-refractivity contribution is -0.139. The molecule has 21 heavy (non-hydrogen) atoms. The number of aromatic nitrogens is 1. The maximum atomic E-state index is 12.1. The van der Waals surface area contributed by atoms with Crippen LogP contribution in [0, 0.1) is 6.92 Å². The van der Waals surface area contributed by atoms with E-state index in [2.05, 4.69) is 15.3 Å². The van der Waals surface area contributed by atoms with Crippen LogP contribution in [0.5, 0.6) is 0 Å². The molecule has 1 aliphatic heterocycles. The van der Waals surface area contributed by atoms with Crippen LogP contribution in [0.15, 0.2) is 5.38 Å². The number of hydrogen-bond acceptors (Lipinski definition) is 5. The molecule has 0 atom stereocenters. The molecule has 1 aromatic heterocycles. The van der Waals surface area contributed by atoms with Gasteiger partial charge >= 0.3 is 0 Å². The summed E-state index contributed by atoms with van der Waals surface area (Å²) in [6.45, 7) is 7.64. The molecule has 2 rings (SSSR count). The predicted molar refractivity (Wildman–Crippen MR) is 82.0 cm³/mol. The molecule has 0 aliphatic carbocycles. The van der Waals surface area contributed by atoms with Gasteiger partial charge in [-0.25, -0.2) is 4.98 Å². The number of hydrogen-bond donors (Lipinski definition) is 0. The SMILES string of the molecule is CC(=O)N(C)CC(=O)N1CCN(Cc2csc(C)n2)CC1. The van der Waals surface area contributed by atoms with Crippen LogP contribution < -0.4 is 0 Å². The second-order valence-corrected chi connectivity index (χ2v) is 6.45. The quantitative estimate of drug-likeness (QED) is 0.816. The first-order valence-electron chi connectivity index (χ1n) is 7.08. The van der Waals surface area contributed by atoms with E-state index in [0.717, 1.165) is 30.3 Å². The van der Waals surface area contributed by atoms with Crippen molar-refractivity contribution in [1.29, 1.82) is 0 Å². The van der Waals surface area contributed by atoms with Crippen LogP contribution in [-0.4, -0.2) is 71.3 Å². The fraction of sp³-hybridized carbons (Fsp3) is 0.643. The largest absolute Gasteiger partial charge is 0.339 e. The van der Waals surface area contributed by atoms with Crippen molar-refractivity contribution in [2.75, 3.05) is 39.8 Å². The number of piperazine rings is 1. The minimum absolute atomic E-state index is 0.0249. The lowest BCUT2D eigenvalue weighted by Gasteiger charge is -2.35. The zero-order valence-corrected chi connectivity index (χ0v) is 13.7. The second kappa shape index (κ2) is 7.00. The molecule has 1 aromatic rings. The van der Waals surface area contributed by atoms with Gasteiger partial charge in [-0.3, -0.25) is 14.5 Å². The summed E-state index contributed by atoms with van der Waals surface area (Å²) in [6, 6.07) is 0. The molecule has 2 amide bonds. The molecule has 116 valence electrons. The third-order valence-electron chi connectivity index (χ3n) is 3.69. The monoisotopic (exact) mass is 310 g/mol. The highest BCUT2D eigenvalue weighted by molar-refractivity contribution is 7.09. The van der Waals surface area contributed by atoms with Gasteiger partial charge in [0, 0.05) is 52.1 Å². The summed E-state index contributed by atoms with van der Waals surface area (Å²) in [5, 5.41) is 3.18. The van der Waals surface area contributed by atoms with E-state index in [1.54, 1.807) is 18.4 Å². The van der Waals surface area contributed by atoms with Crippen molar-refractivity contribution in [3.05, 3.63) is 16.1 Å². The molecule has 0 bridgehead atoms. The van der Waals surface area contributed by atoms with E-state index in [-0.39, 0.29) is 18.4 Å². The molecule has 6 nitrogen and oxygen atoms in total. The van der Waals surface area contributed by atoms with E-state index in [4.69, 9.17) is 0 Å². The third-order valence-corrected chi connectivity index (χ3v) is 4.51. The van der Waals surface area contributed by atoms with Crippen molar-refractivity contribution in [3.63, 3.8) is 0 Å². The number of carbonyl (C=O) groups excluding carboxylic acids is 2. The van der Waals surface area contributed by atoms with Gasteiger partial charge in [0.2, 0.25) is 11.8 Å². The van der Waals surface area contributed by atoms with Crippen molar-refractivity contribution < 1.29 is 9.59 Å². The average Bonchev–Trinajstić information content (AvgIpc) is 2.84. The van der Waals surface area contributed by atoms with E-state index >= 15 is 0 Å². The summed E-state index contributed by atoms with van der Waals surface area (Å²) >= 11 is 1.67. The molecule has 0 radical (unpaired) electrons. The minimum Gasteiger partial charge on any atom is -0.339 e. The fourth-order valence-corrected chi connectivity index (χ4v) is 2.88. The Morgan fingerprint density at radius 2 is 2.00 bits per heavy atom. The highest BCUT2D eigenvalue weighted by Gasteiger charge is 2.22. The topological polar surface area (TPSA) is 56.8 Å². The Balaban J connectivity index is 1.77.